The molecule has 6 fully saturated rings. The molecule has 6 amide bonds. The lowest BCUT2D eigenvalue weighted by Gasteiger charge is -2.39. The summed E-state index contributed by atoms with van der Waals surface area (Å²) < 4.78 is 6.20. The molecule has 15 heteroatoms. The van der Waals surface area contributed by atoms with E-state index in [0.717, 1.165) is 119 Å². The zero-order chi connectivity index (χ0) is 47.0. The maximum absolute atomic E-state index is 13.0. The van der Waals surface area contributed by atoms with Crippen LogP contribution in [0.15, 0.2) is 48.5 Å². The summed E-state index contributed by atoms with van der Waals surface area (Å²) in [5, 5.41) is 13.8. The fourth-order valence-corrected chi connectivity index (χ4v) is 10.0. The first-order valence-corrected chi connectivity index (χ1v) is 25.5. The molecule has 0 spiro atoms. The quantitative estimate of drug-likeness (QED) is 0.133. The number of anilines is 2. The van der Waals surface area contributed by atoms with Gasteiger partial charge in [0.1, 0.15) is 0 Å². The Kier molecular flexibility index (Phi) is 18.6. The summed E-state index contributed by atoms with van der Waals surface area (Å²) in [6, 6.07) is 17.7. The van der Waals surface area contributed by atoms with Crippen molar-refractivity contribution in [1.29, 1.82) is 5.26 Å². The van der Waals surface area contributed by atoms with E-state index >= 15 is 0 Å². The molecule has 2 aromatic rings. The molecule has 0 unspecified atom stereocenters. The molecule has 2 aromatic carbocycles. The fourth-order valence-electron chi connectivity index (χ4n) is 10.0. The number of rotatable bonds is 10. The van der Waals surface area contributed by atoms with E-state index in [4.69, 9.17) is 12.4 Å². The Morgan fingerprint density at radius 1 is 0.692 bits per heavy atom. The van der Waals surface area contributed by atoms with Gasteiger partial charge in [0.2, 0.25) is 23.6 Å². The average Bonchev–Trinajstić information content (AvgIpc) is 4.29. The van der Waals surface area contributed by atoms with Crippen LogP contribution in [0.4, 0.5) is 16.2 Å². The predicted molar refractivity (Wildman–Crippen MR) is 262 cm³/mol. The number of nitrogens with one attached hydrogen (secondary N) is 2. The second-order valence-electron chi connectivity index (χ2n) is 18.8. The molecular formula is C50H72IN9O5. The Hall–Kier alpha value is -4.43. The molecule has 14 nitrogen and oxygen atoms in total. The van der Waals surface area contributed by atoms with Gasteiger partial charge in [0.15, 0.2) is 0 Å². The summed E-state index contributed by atoms with van der Waals surface area (Å²) >= 11 is 1.96. The Morgan fingerprint density at radius 3 is 1.51 bits per heavy atom. The third-order valence-corrected chi connectivity index (χ3v) is 14.2. The third kappa shape index (κ3) is 14.3. The van der Waals surface area contributed by atoms with Crippen molar-refractivity contribution in [2.24, 2.45) is 35.5 Å². The van der Waals surface area contributed by atoms with Crippen molar-refractivity contribution in [3.63, 3.8) is 0 Å². The van der Waals surface area contributed by atoms with Crippen LogP contribution in [0.25, 0.3) is 0 Å². The minimum atomic E-state index is -0.0180. The lowest BCUT2D eigenvalue weighted by atomic mass is 9.81. The highest BCUT2D eigenvalue weighted by Crippen LogP contribution is 2.35. The number of piperazine rings is 2. The predicted octanol–water partition coefficient (Wildman–Crippen LogP) is 6.75. The summed E-state index contributed by atoms with van der Waals surface area (Å²) in [5.74, 6) is 3.06. The number of nitrogens with zero attached hydrogens (tertiary/aromatic N) is 6. The number of nitrogens with two attached hydrogens (primary N) is 1. The highest BCUT2D eigenvalue weighted by molar-refractivity contribution is 14.1. The largest absolute Gasteiger partial charge is 0.398 e. The molecule has 7 aliphatic rings. The van der Waals surface area contributed by atoms with Gasteiger partial charge in [-0.05, 0) is 124 Å². The number of benzene rings is 2. The van der Waals surface area contributed by atoms with Crippen LogP contribution in [0, 0.1) is 46.8 Å². The number of hydrogen-bond donors (Lipinski definition) is 3. The monoisotopic (exact) mass is 1010 g/mol. The number of urea groups is 1. The van der Waals surface area contributed by atoms with E-state index in [1.165, 1.54) is 6.92 Å². The zero-order valence-electron chi connectivity index (χ0n) is 39.4. The van der Waals surface area contributed by atoms with Crippen LogP contribution >= 0.6 is 22.6 Å². The van der Waals surface area contributed by atoms with Crippen LogP contribution in [-0.4, -0.2) is 125 Å². The number of para-hydroxylation sites is 2. The van der Waals surface area contributed by atoms with E-state index in [2.05, 4.69) is 22.8 Å². The van der Waals surface area contributed by atoms with Gasteiger partial charge in [-0.3, -0.25) is 19.2 Å². The molecule has 3 aliphatic heterocycles. The van der Waals surface area contributed by atoms with Gasteiger partial charge in [-0.1, -0.05) is 59.0 Å². The minimum Gasteiger partial charge on any atom is -0.398 e. The number of fused-ring (bicyclic) bond motifs is 1. The molecule has 0 aromatic heterocycles. The maximum Gasteiger partial charge on any atom is 0.322 e. The number of nitrogen functional groups attached to an aromatic ring is 1. The molecule has 354 valence electrons. The SMILES string of the molecule is CC#N.Nc1ccccc1CNCC1CCC(C(=O)N2CCN(C(=O)C3CC3)CC2)CC1.O=C1Nc2ccccc2CN1CC1CCC(C(=O)N2CCN(C(=O)C3CC3)CC2)CC1.[2H]CI. The first-order valence-electron chi connectivity index (χ1n) is 24.7. The highest BCUT2D eigenvalue weighted by atomic mass is 127. The van der Waals surface area contributed by atoms with Crippen LogP contribution in [0.3, 0.4) is 0 Å². The molecule has 4 saturated carbocycles. The number of hydrogen-bond acceptors (Lipinski definition) is 8. The van der Waals surface area contributed by atoms with Gasteiger partial charge in [0.25, 0.3) is 0 Å². The van der Waals surface area contributed by atoms with Gasteiger partial charge in [0.05, 0.1) is 6.07 Å². The number of halogens is 1. The van der Waals surface area contributed by atoms with Crippen molar-refractivity contribution in [3.05, 3.63) is 59.7 Å². The number of alkyl halides is 1. The summed E-state index contributed by atoms with van der Waals surface area (Å²) in [5.41, 5.74) is 10.1. The van der Waals surface area contributed by atoms with E-state index in [1.54, 1.807) is 6.07 Å². The van der Waals surface area contributed by atoms with Gasteiger partial charge < -0.3 is 40.9 Å². The molecule has 0 radical (unpaired) electrons. The molecule has 3 heterocycles. The molecule has 9 rings (SSSR count). The molecule has 0 atom stereocenters. The van der Waals surface area contributed by atoms with E-state index in [9.17, 15) is 24.0 Å². The second kappa shape index (κ2) is 24.9. The van der Waals surface area contributed by atoms with Crippen LogP contribution in [0.5, 0.6) is 0 Å². The maximum atomic E-state index is 13.0. The molecule has 4 aliphatic carbocycles. The minimum absolute atomic E-state index is 0.0180. The van der Waals surface area contributed by atoms with Gasteiger partial charge in [-0.25, -0.2) is 4.79 Å². The van der Waals surface area contributed by atoms with E-state index in [0.29, 0.717) is 87.5 Å². The topological polar surface area (TPSA) is 175 Å². The number of nitriles is 1. The van der Waals surface area contributed by atoms with Gasteiger partial charge in [-0.15, -0.1) is 0 Å². The lowest BCUT2D eigenvalue weighted by molar-refractivity contribution is -0.143. The van der Waals surface area contributed by atoms with E-state index in [1.807, 2.05) is 83.5 Å². The van der Waals surface area contributed by atoms with Crippen LogP contribution in [-0.2, 0) is 32.3 Å². The Morgan fingerprint density at radius 2 is 1.08 bits per heavy atom. The van der Waals surface area contributed by atoms with E-state index < -0.39 is 0 Å². The summed E-state index contributed by atoms with van der Waals surface area (Å²) in [6.07, 6.45) is 12.1. The molecular weight excluding hydrogens is 934 g/mol. The third-order valence-electron chi connectivity index (χ3n) is 14.2. The van der Waals surface area contributed by atoms with Crippen molar-refractivity contribution >= 4 is 63.6 Å². The lowest BCUT2D eigenvalue weighted by Crippen LogP contribution is -2.52. The Balaban J connectivity index is 0.000000196. The van der Waals surface area contributed by atoms with Crippen molar-refractivity contribution < 1.29 is 25.3 Å². The van der Waals surface area contributed by atoms with E-state index in [-0.39, 0.29) is 41.5 Å². The summed E-state index contributed by atoms with van der Waals surface area (Å²) in [4.78, 5) is 73.0. The van der Waals surface area contributed by atoms with Crippen molar-refractivity contribution in [2.45, 2.75) is 97.1 Å². The van der Waals surface area contributed by atoms with Gasteiger partial charge in [0, 0.05) is 115 Å². The summed E-state index contributed by atoms with van der Waals surface area (Å²) in [6.45, 7) is 10.2. The summed E-state index contributed by atoms with van der Waals surface area (Å²) in [7, 11) is 0. The smallest absolute Gasteiger partial charge is 0.322 e. The number of amides is 6. The van der Waals surface area contributed by atoms with Crippen LogP contribution in [0.1, 0.15) is 96.5 Å². The van der Waals surface area contributed by atoms with Crippen molar-refractivity contribution in [2.75, 3.05) is 81.4 Å². The van der Waals surface area contributed by atoms with Crippen molar-refractivity contribution in [1.82, 2.24) is 29.8 Å². The second-order valence-corrected chi connectivity index (χ2v) is 18.8. The Labute approximate surface area is 401 Å². The van der Waals surface area contributed by atoms with Crippen LogP contribution in [0.2, 0.25) is 0 Å². The Bertz CT molecular complexity index is 1960. The number of carbonyl (C=O) groups excluding carboxylic acids is 5. The van der Waals surface area contributed by atoms with Gasteiger partial charge >= 0.3 is 6.03 Å². The molecule has 65 heavy (non-hydrogen) atoms. The van der Waals surface area contributed by atoms with Crippen molar-refractivity contribution in [3.8, 4) is 6.07 Å². The molecule has 0 bridgehead atoms. The first-order chi connectivity index (χ1) is 32.0. The first kappa shape index (κ1) is 48.5. The molecule has 4 N–H and O–H groups in total. The van der Waals surface area contributed by atoms with Crippen LogP contribution < -0.4 is 16.4 Å². The highest BCUT2D eigenvalue weighted by Gasteiger charge is 2.38. The number of carbonyl (C=O) groups is 5. The standard InChI is InChI=1S/C24H32N4O3.C23H34N4O2.C2H3N.CH3I/c29-22(26-11-13-27(14-12-26)23(30)19-9-10-19)18-7-5-17(6-8-18)15-28-16-20-3-1-2-4-21(20)25-24(28)31;24-21-4-2-1-3-20(21)16-25-15-17-5-7-18(8-6-17)22(28)26-11-13-27(14-12-26)23(29)19-9-10-19;1-2-3;1-2/h1-4,17-19H,5-16H2,(H,25,31);1-4,17-19,25H,5-16,24H2;1H3;1H3/i;;;1D. The normalized spacial score (nSPS) is 24.2. The van der Waals surface area contributed by atoms with Gasteiger partial charge in [-0.2, -0.15) is 5.26 Å². The fraction of sp³-hybridized carbons (Fsp3) is 0.640. The zero-order valence-corrected chi connectivity index (χ0v) is 40.6. The molecule has 2 saturated heterocycles. The average molecular weight is 1010 g/mol.